The summed E-state index contributed by atoms with van der Waals surface area (Å²) in [7, 11) is 0. The summed E-state index contributed by atoms with van der Waals surface area (Å²) in [6.07, 6.45) is 3.89. The van der Waals surface area contributed by atoms with Gasteiger partial charge in [0.05, 0.1) is 0 Å². The molecule has 0 aromatic carbocycles. The molecule has 0 amide bonds. The number of aromatic nitrogens is 2. The van der Waals surface area contributed by atoms with Crippen molar-refractivity contribution >= 4 is 0 Å². The smallest absolute Gasteiger partial charge is 0.135 e. The summed E-state index contributed by atoms with van der Waals surface area (Å²) in [5.74, 6) is 0.931. The highest BCUT2D eigenvalue weighted by atomic mass is 16.3. The molecule has 0 fully saturated rings. The fourth-order valence-corrected chi connectivity index (χ4v) is 0.932. The third kappa shape index (κ3) is 1.80. The number of aliphatic hydroxyl groups is 1. The Morgan fingerprint density at radius 2 is 2.45 bits per heavy atom. The lowest BCUT2D eigenvalue weighted by molar-refractivity contribution is 0.107. The van der Waals surface area contributed by atoms with Crippen LogP contribution in [-0.2, 0) is 0 Å². The Labute approximate surface area is 66.5 Å². The molecule has 0 bridgehead atoms. The van der Waals surface area contributed by atoms with Crippen molar-refractivity contribution in [3.05, 3.63) is 18.2 Å². The third-order valence-electron chi connectivity index (χ3n) is 1.98. The second-order valence-corrected chi connectivity index (χ2v) is 2.80. The van der Waals surface area contributed by atoms with E-state index in [2.05, 4.69) is 16.9 Å². The lowest BCUT2D eigenvalue weighted by atomic mass is 10.0. The van der Waals surface area contributed by atoms with Crippen LogP contribution >= 0.6 is 0 Å². The molecule has 11 heavy (non-hydrogen) atoms. The molecule has 0 spiro atoms. The molecule has 0 aliphatic carbocycles. The van der Waals surface area contributed by atoms with E-state index in [0.29, 0.717) is 5.82 Å². The van der Waals surface area contributed by atoms with Crippen LogP contribution in [0.5, 0.6) is 0 Å². The fourth-order valence-electron chi connectivity index (χ4n) is 0.932. The molecule has 0 radical (unpaired) electrons. The van der Waals surface area contributed by atoms with E-state index in [9.17, 15) is 5.11 Å². The lowest BCUT2D eigenvalue weighted by Crippen LogP contribution is -2.09. The quantitative estimate of drug-likeness (QED) is 0.693. The SMILES string of the molecule is CCC(C)C(O)c1ncc[nH]1. The standard InChI is InChI=1S/C8H14N2O/c1-3-6(2)7(11)8-9-4-5-10-8/h4-7,11H,3H2,1-2H3,(H,9,10). The summed E-state index contributed by atoms with van der Waals surface area (Å²) < 4.78 is 0. The first-order valence-corrected chi connectivity index (χ1v) is 3.93. The topological polar surface area (TPSA) is 48.9 Å². The van der Waals surface area contributed by atoms with Crippen LogP contribution in [0.4, 0.5) is 0 Å². The van der Waals surface area contributed by atoms with Gasteiger partial charge >= 0.3 is 0 Å². The maximum atomic E-state index is 9.58. The number of rotatable bonds is 3. The highest BCUT2D eigenvalue weighted by molar-refractivity contribution is 4.93. The zero-order valence-corrected chi connectivity index (χ0v) is 6.91. The van der Waals surface area contributed by atoms with Gasteiger partial charge in [-0.05, 0) is 5.92 Å². The maximum Gasteiger partial charge on any atom is 0.135 e. The summed E-state index contributed by atoms with van der Waals surface area (Å²) in [6.45, 7) is 4.06. The number of nitrogens with zero attached hydrogens (tertiary/aromatic N) is 1. The Morgan fingerprint density at radius 3 is 2.91 bits per heavy atom. The first-order valence-electron chi connectivity index (χ1n) is 3.93. The van der Waals surface area contributed by atoms with Gasteiger partial charge in [0, 0.05) is 12.4 Å². The highest BCUT2D eigenvalue weighted by Crippen LogP contribution is 2.20. The summed E-state index contributed by atoms with van der Waals surface area (Å²) in [4.78, 5) is 6.87. The van der Waals surface area contributed by atoms with Crippen molar-refractivity contribution in [1.29, 1.82) is 0 Å². The van der Waals surface area contributed by atoms with E-state index in [-0.39, 0.29) is 5.92 Å². The first-order chi connectivity index (χ1) is 5.25. The molecule has 0 aliphatic heterocycles. The maximum absolute atomic E-state index is 9.58. The van der Waals surface area contributed by atoms with Crippen molar-refractivity contribution in [3.8, 4) is 0 Å². The normalized spacial score (nSPS) is 16.3. The number of H-pyrrole nitrogens is 1. The van der Waals surface area contributed by atoms with Crippen LogP contribution in [0.2, 0.25) is 0 Å². The number of aliphatic hydroxyl groups excluding tert-OH is 1. The number of imidazole rings is 1. The minimum Gasteiger partial charge on any atom is -0.385 e. The summed E-state index contributed by atoms with van der Waals surface area (Å²) in [5.41, 5.74) is 0. The van der Waals surface area contributed by atoms with Gasteiger partial charge in [0.15, 0.2) is 0 Å². The van der Waals surface area contributed by atoms with Gasteiger partial charge in [-0.1, -0.05) is 20.3 Å². The largest absolute Gasteiger partial charge is 0.385 e. The predicted octanol–water partition coefficient (Wildman–Crippen LogP) is 1.49. The molecular formula is C8H14N2O. The summed E-state index contributed by atoms with van der Waals surface area (Å²) in [6, 6.07) is 0. The van der Waals surface area contributed by atoms with E-state index in [4.69, 9.17) is 0 Å². The van der Waals surface area contributed by atoms with Gasteiger partial charge < -0.3 is 10.1 Å². The monoisotopic (exact) mass is 154 g/mol. The first kappa shape index (κ1) is 8.27. The molecule has 0 aliphatic rings. The lowest BCUT2D eigenvalue weighted by Gasteiger charge is -2.13. The van der Waals surface area contributed by atoms with E-state index in [1.807, 2.05) is 6.92 Å². The molecule has 3 nitrogen and oxygen atoms in total. The van der Waals surface area contributed by atoms with Crippen LogP contribution in [0.3, 0.4) is 0 Å². The van der Waals surface area contributed by atoms with Crippen molar-refractivity contribution in [2.24, 2.45) is 5.92 Å². The van der Waals surface area contributed by atoms with E-state index in [1.165, 1.54) is 0 Å². The second kappa shape index (κ2) is 3.53. The minimum atomic E-state index is -0.449. The van der Waals surface area contributed by atoms with Gasteiger partial charge in [0.25, 0.3) is 0 Å². The van der Waals surface area contributed by atoms with E-state index >= 15 is 0 Å². The molecular weight excluding hydrogens is 140 g/mol. The van der Waals surface area contributed by atoms with Gasteiger partial charge in [0.2, 0.25) is 0 Å². The minimum absolute atomic E-state index is 0.265. The Balaban J connectivity index is 2.62. The average molecular weight is 154 g/mol. The molecule has 3 heteroatoms. The fraction of sp³-hybridized carbons (Fsp3) is 0.625. The van der Waals surface area contributed by atoms with Gasteiger partial charge in [-0.25, -0.2) is 4.98 Å². The van der Waals surface area contributed by atoms with Gasteiger partial charge in [0.1, 0.15) is 11.9 Å². The van der Waals surface area contributed by atoms with Crippen molar-refractivity contribution in [3.63, 3.8) is 0 Å². The summed E-state index contributed by atoms with van der Waals surface area (Å²) in [5, 5.41) is 9.58. The van der Waals surface area contributed by atoms with Crippen LogP contribution in [0.1, 0.15) is 32.2 Å². The second-order valence-electron chi connectivity index (χ2n) is 2.80. The zero-order chi connectivity index (χ0) is 8.27. The average Bonchev–Trinajstić information content (AvgIpc) is 2.53. The van der Waals surface area contributed by atoms with E-state index < -0.39 is 6.10 Å². The molecule has 1 heterocycles. The van der Waals surface area contributed by atoms with Crippen LogP contribution in [-0.4, -0.2) is 15.1 Å². The van der Waals surface area contributed by atoms with Crippen LogP contribution < -0.4 is 0 Å². The van der Waals surface area contributed by atoms with E-state index in [1.54, 1.807) is 12.4 Å². The van der Waals surface area contributed by atoms with Crippen LogP contribution in [0, 0.1) is 5.92 Å². The van der Waals surface area contributed by atoms with Crippen molar-refractivity contribution in [2.45, 2.75) is 26.4 Å². The van der Waals surface area contributed by atoms with E-state index in [0.717, 1.165) is 6.42 Å². The predicted molar refractivity (Wildman–Crippen MR) is 43.0 cm³/mol. The molecule has 0 saturated heterocycles. The van der Waals surface area contributed by atoms with Crippen LogP contribution in [0.15, 0.2) is 12.4 Å². The molecule has 1 rings (SSSR count). The number of hydrogen-bond acceptors (Lipinski definition) is 2. The molecule has 2 unspecified atom stereocenters. The van der Waals surface area contributed by atoms with Crippen molar-refractivity contribution in [2.75, 3.05) is 0 Å². The molecule has 62 valence electrons. The summed E-state index contributed by atoms with van der Waals surface area (Å²) >= 11 is 0. The van der Waals surface area contributed by atoms with Crippen molar-refractivity contribution < 1.29 is 5.11 Å². The molecule has 2 N–H and O–H groups in total. The molecule has 1 aromatic heterocycles. The van der Waals surface area contributed by atoms with Gasteiger partial charge in [-0.3, -0.25) is 0 Å². The zero-order valence-electron chi connectivity index (χ0n) is 6.91. The van der Waals surface area contributed by atoms with Gasteiger partial charge in [-0.2, -0.15) is 0 Å². The number of hydrogen-bond donors (Lipinski definition) is 2. The molecule has 0 saturated carbocycles. The van der Waals surface area contributed by atoms with Gasteiger partial charge in [-0.15, -0.1) is 0 Å². The Hall–Kier alpha value is -0.830. The van der Waals surface area contributed by atoms with Crippen LogP contribution in [0.25, 0.3) is 0 Å². The Morgan fingerprint density at radius 1 is 1.73 bits per heavy atom. The molecule has 2 atom stereocenters. The molecule has 1 aromatic rings. The number of aromatic amines is 1. The third-order valence-corrected chi connectivity index (χ3v) is 1.98. The Bertz CT molecular complexity index is 196. The highest BCUT2D eigenvalue weighted by Gasteiger charge is 2.15. The van der Waals surface area contributed by atoms with Crippen molar-refractivity contribution in [1.82, 2.24) is 9.97 Å². The number of nitrogens with one attached hydrogen (secondary N) is 1. The Kier molecular flexibility index (Phi) is 2.65.